The summed E-state index contributed by atoms with van der Waals surface area (Å²) in [6.45, 7) is 3.95. The maximum Gasteiger partial charge on any atom is 0.251 e. The molecule has 104 valence electrons. The van der Waals surface area contributed by atoms with Crippen LogP contribution in [0.2, 0.25) is 10.3 Å². The van der Waals surface area contributed by atoms with Gasteiger partial charge in [0.2, 0.25) is 0 Å². The molecule has 0 fully saturated rings. The van der Waals surface area contributed by atoms with E-state index in [1.807, 2.05) is 38.1 Å². The first-order chi connectivity index (χ1) is 9.45. The number of rotatable bonds is 3. The lowest BCUT2D eigenvalue weighted by atomic mass is 10.1. The molecule has 0 aliphatic rings. The van der Waals surface area contributed by atoms with Crippen molar-refractivity contribution in [1.82, 2.24) is 10.3 Å². The van der Waals surface area contributed by atoms with Crippen LogP contribution in [0, 0.1) is 6.92 Å². The van der Waals surface area contributed by atoms with Gasteiger partial charge in [-0.25, -0.2) is 4.98 Å². The molecule has 0 aliphatic carbocycles. The van der Waals surface area contributed by atoms with E-state index in [-0.39, 0.29) is 22.3 Å². The van der Waals surface area contributed by atoms with Gasteiger partial charge >= 0.3 is 0 Å². The summed E-state index contributed by atoms with van der Waals surface area (Å²) in [5.74, 6) is -0.232. The summed E-state index contributed by atoms with van der Waals surface area (Å²) < 4.78 is 0. The second-order valence-electron chi connectivity index (χ2n) is 4.61. The van der Waals surface area contributed by atoms with Crippen molar-refractivity contribution in [2.24, 2.45) is 0 Å². The molecule has 1 unspecified atom stereocenters. The number of hydrogen-bond donors (Lipinski definition) is 1. The molecular weight excluding hydrogens is 295 g/mol. The molecular formula is C15H14Cl2N2O. The number of amides is 1. The Bertz CT molecular complexity index is 606. The van der Waals surface area contributed by atoms with Gasteiger partial charge in [-0.15, -0.1) is 0 Å². The molecule has 1 heterocycles. The van der Waals surface area contributed by atoms with E-state index in [2.05, 4.69) is 10.3 Å². The summed E-state index contributed by atoms with van der Waals surface area (Å²) in [5.41, 5.74) is 2.61. The predicted molar refractivity (Wildman–Crippen MR) is 81.3 cm³/mol. The fourth-order valence-electron chi connectivity index (χ4n) is 1.81. The molecule has 1 atom stereocenters. The van der Waals surface area contributed by atoms with Crippen LogP contribution in [0.4, 0.5) is 0 Å². The molecule has 2 aromatic rings. The third-order valence-corrected chi connectivity index (χ3v) is 3.34. The lowest BCUT2D eigenvalue weighted by Crippen LogP contribution is -2.26. The van der Waals surface area contributed by atoms with Crippen molar-refractivity contribution in [3.8, 4) is 0 Å². The first-order valence-corrected chi connectivity index (χ1v) is 6.92. The minimum absolute atomic E-state index is 0.103. The maximum atomic E-state index is 12.1. The van der Waals surface area contributed by atoms with E-state index in [0.29, 0.717) is 5.56 Å². The van der Waals surface area contributed by atoms with Gasteiger partial charge in [-0.3, -0.25) is 4.79 Å². The number of aryl methyl sites for hydroxylation is 1. The average molecular weight is 309 g/mol. The maximum absolute atomic E-state index is 12.1. The highest BCUT2D eigenvalue weighted by Crippen LogP contribution is 2.17. The number of nitrogens with zero attached hydrogens (tertiary/aromatic N) is 1. The third kappa shape index (κ3) is 3.71. The standard InChI is InChI=1S/C15H14Cl2N2O/c1-9-3-5-11(6-4-9)10(2)18-15(20)12-7-13(16)19-14(17)8-12/h3-8,10H,1-2H3,(H,18,20). The Kier molecular flexibility index (Phi) is 4.63. The van der Waals surface area contributed by atoms with Crippen molar-refractivity contribution < 1.29 is 4.79 Å². The van der Waals surface area contributed by atoms with Crippen LogP contribution in [-0.4, -0.2) is 10.9 Å². The van der Waals surface area contributed by atoms with Gasteiger partial charge in [0.25, 0.3) is 5.91 Å². The predicted octanol–water partition coefficient (Wildman–Crippen LogP) is 4.19. The minimum Gasteiger partial charge on any atom is -0.346 e. The zero-order chi connectivity index (χ0) is 14.7. The van der Waals surface area contributed by atoms with E-state index in [4.69, 9.17) is 23.2 Å². The number of carbonyl (C=O) groups excluding carboxylic acids is 1. The molecule has 2 rings (SSSR count). The summed E-state index contributed by atoms with van der Waals surface area (Å²) in [6.07, 6.45) is 0. The molecule has 0 saturated carbocycles. The highest BCUT2D eigenvalue weighted by atomic mass is 35.5. The fraction of sp³-hybridized carbons (Fsp3) is 0.200. The number of hydrogen-bond acceptors (Lipinski definition) is 2. The zero-order valence-electron chi connectivity index (χ0n) is 11.2. The molecule has 20 heavy (non-hydrogen) atoms. The van der Waals surface area contributed by atoms with Gasteiger partial charge in [0, 0.05) is 5.56 Å². The second-order valence-corrected chi connectivity index (χ2v) is 5.38. The van der Waals surface area contributed by atoms with Crippen molar-refractivity contribution in [1.29, 1.82) is 0 Å². The van der Waals surface area contributed by atoms with Crippen LogP contribution >= 0.6 is 23.2 Å². The van der Waals surface area contributed by atoms with Crippen molar-refractivity contribution >= 4 is 29.1 Å². The lowest BCUT2D eigenvalue weighted by molar-refractivity contribution is 0.0940. The Morgan fingerprint density at radius 1 is 1.15 bits per heavy atom. The van der Waals surface area contributed by atoms with Crippen LogP contribution in [0.1, 0.15) is 34.5 Å². The number of halogens is 2. The molecule has 0 radical (unpaired) electrons. The number of benzene rings is 1. The third-order valence-electron chi connectivity index (χ3n) is 2.95. The molecule has 3 nitrogen and oxygen atoms in total. The van der Waals surface area contributed by atoms with Gasteiger partial charge in [-0.05, 0) is 31.5 Å². The van der Waals surface area contributed by atoms with Crippen molar-refractivity contribution in [3.05, 3.63) is 63.4 Å². The van der Waals surface area contributed by atoms with Crippen LogP contribution in [0.5, 0.6) is 0 Å². The van der Waals surface area contributed by atoms with Crippen LogP contribution in [0.3, 0.4) is 0 Å². The second kappa shape index (κ2) is 6.25. The Morgan fingerprint density at radius 3 is 2.25 bits per heavy atom. The van der Waals surface area contributed by atoms with E-state index in [9.17, 15) is 4.79 Å². The van der Waals surface area contributed by atoms with E-state index in [0.717, 1.165) is 5.56 Å². The minimum atomic E-state index is -0.232. The van der Waals surface area contributed by atoms with Crippen LogP contribution < -0.4 is 5.32 Å². The van der Waals surface area contributed by atoms with E-state index >= 15 is 0 Å². The van der Waals surface area contributed by atoms with Gasteiger partial charge in [0.05, 0.1) is 6.04 Å². The molecule has 0 aliphatic heterocycles. The number of nitrogens with one attached hydrogen (secondary N) is 1. The summed E-state index contributed by atoms with van der Waals surface area (Å²) in [7, 11) is 0. The summed E-state index contributed by atoms with van der Waals surface area (Å²) in [6, 6.07) is 10.9. The first kappa shape index (κ1) is 14.8. The number of carbonyl (C=O) groups is 1. The largest absolute Gasteiger partial charge is 0.346 e. The number of pyridine rings is 1. The molecule has 1 aromatic heterocycles. The molecule has 1 amide bonds. The summed E-state index contributed by atoms with van der Waals surface area (Å²) in [5, 5.41) is 3.30. The van der Waals surface area contributed by atoms with Crippen LogP contribution in [0.15, 0.2) is 36.4 Å². The van der Waals surface area contributed by atoms with Crippen molar-refractivity contribution in [2.45, 2.75) is 19.9 Å². The van der Waals surface area contributed by atoms with Crippen molar-refractivity contribution in [2.75, 3.05) is 0 Å². The van der Waals surface area contributed by atoms with Gasteiger partial charge in [0.1, 0.15) is 10.3 Å². The smallest absolute Gasteiger partial charge is 0.251 e. The molecule has 5 heteroatoms. The molecule has 0 spiro atoms. The van der Waals surface area contributed by atoms with Gasteiger partial charge < -0.3 is 5.32 Å². The topological polar surface area (TPSA) is 42.0 Å². The molecule has 0 bridgehead atoms. The summed E-state index contributed by atoms with van der Waals surface area (Å²) >= 11 is 11.6. The number of aromatic nitrogens is 1. The van der Waals surface area contributed by atoms with Crippen LogP contribution in [0.25, 0.3) is 0 Å². The lowest BCUT2D eigenvalue weighted by Gasteiger charge is -2.14. The quantitative estimate of drug-likeness (QED) is 0.864. The Hall–Kier alpha value is -1.58. The van der Waals surface area contributed by atoms with Crippen LogP contribution in [-0.2, 0) is 0 Å². The monoisotopic (exact) mass is 308 g/mol. The van der Waals surface area contributed by atoms with Gasteiger partial charge in [-0.2, -0.15) is 0 Å². The molecule has 0 saturated heterocycles. The Labute approximate surface area is 127 Å². The van der Waals surface area contributed by atoms with E-state index in [1.54, 1.807) is 0 Å². The fourth-order valence-corrected chi connectivity index (χ4v) is 2.27. The SMILES string of the molecule is Cc1ccc(C(C)NC(=O)c2cc(Cl)nc(Cl)c2)cc1. The molecule has 1 N–H and O–H groups in total. The van der Waals surface area contributed by atoms with E-state index < -0.39 is 0 Å². The van der Waals surface area contributed by atoms with Gasteiger partial charge in [0.15, 0.2) is 0 Å². The van der Waals surface area contributed by atoms with Gasteiger partial charge in [-0.1, -0.05) is 53.0 Å². The highest BCUT2D eigenvalue weighted by Gasteiger charge is 2.13. The normalized spacial score (nSPS) is 12.0. The summed E-state index contributed by atoms with van der Waals surface area (Å²) in [4.78, 5) is 16.0. The Morgan fingerprint density at radius 2 is 1.70 bits per heavy atom. The van der Waals surface area contributed by atoms with E-state index in [1.165, 1.54) is 17.7 Å². The van der Waals surface area contributed by atoms with Crippen molar-refractivity contribution in [3.63, 3.8) is 0 Å². The Balaban J connectivity index is 2.12. The molecule has 1 aromatic carbocycles. The first-order valence-electron chi connectivity index (χ1n) is 6.16. The zero-order valence-corrected chi connectivity index (χ0v) is 12.7. The highest BCUT2D eigenvalue weighted by molar-refractivity contribution is 6.33. The average Bonchev–Trinajstić information content (AvgIpc) is 2.38.